The van der Waals surface area contributed by atoms with Gasteiger partial charge in [0, 0.05) is 30.1 Å². The van der Waals surface area contributed by atoms with Crippen LogP contribution in [0.2, 0.25) is 0 Å². The lowest BCUT2D eigenvalue weighted by atomic mass is 10.1. The van der Waals surface area contributed by atoms with Crippen molar-refractivity contribution in [1.29, 1.82) is 0 Å². The summed E-state index contributed by atoms with van der Waals surface area (Å²) in [6.45, 7) is 10.7. The van der Waals surface area contributed by atoms with E-state index in [9.17, 15) is 0 Å². The quantitative estimate of drug-likeness (QED) is 0.769. The summed E-state index contributed by atoms with van der Waals surface area (Å²) in [6.07, 6.45) is 0. The first-order valence-electron chi connectivity index (χ1n) is 5.65. The van der Waals surface area contributed by atoms with E-state index in [4.69, 9.17) is 0 Å². The summed E-state index contributed by atoms with van der Waals surface area (Å²) in [5, 5.41) is 4.05. The molecule has 1 rings (SSSR count). The Balaban J connectivity index is 2.35. The number of rotatable bonds is 4. The number of thioether (sulfide) groups is 1. The Bertz CT molecular complexity index is 163. The highest BCUT2D eigenvalue weighted by Gasteiger charge is 2.25. The standard InChI is InChI=1S/C11H24N2S/c1-9(7-12-4)8-13-5-6-14-11(3)10(13)2/h9-12H,5-8H2,1-4H3. The molecule has 0 amide bonds. The molecule has 1 saturated heterocycles. The third kappa shape index (κ3) is 3.44. The number of nitrogens with zero attached hydrogens (tertiary/aromatic N) is 1. The van der Waals surface area contributed by atoms with Crippen LogP contribution < -0.4 is 5.32 Å². The molecule has 1 aliphatic rings. The molecule has 0 aromatic carbocycles. The minimum Gasteiger partial charge on any atom is -0.319 e. The molecule has 84 valence electrons. The molecule has 0 saturated carbocycles. The van der Waals surface area contributed by atoms with Crippen molar-refractivity contribution < 1.29 is 0 Å². The Labute approximate surface area is 92.8 Å². The molecule has 1 heterocycles. The molecule has 0 aromatic heterocycles. The van der Waals surface area contributed by atoms with E-state index in [2.05, 4.69) is 42.7 Å². The van der Waals surface area contributed by atoms with E-state index >= 15 is 0 Å². The van der Waals surface area contributed by atoms with Crippen LogP contribution in [0.5, 0.6) is 0 Å². The van der Waals surface area contributed by atoms with Crippen LogP contribution in [-0.2, 0) is 0 Å². The predicted molar refractivity (Wildman–Crippen MR) is 66.0 cm³/mol. The molecule has 0 spiro atoms. The molecule has 1 N–H and O–H groups in total. The maximum absolute atomic E-state index is 3.25. The average Bonchev–Trinajstić information content (AvgIpc) is 2.13. The van der Waals surface area contributed by atoms with Crippen molar-refractivity contribution in [3.8, 4) is 0 Å². The molecular weight excluding hydrogens is 192 g/mol. The van der Waals surface area contributed by atoms with Gasteiger partial charge in [0.1, 0.15) is 0 Å². The second kappa shape index (κ2) is 5.99. The summed E-state index contributed by atoms with van der Waals surface area (Å²) in [5.74, 6) is 2.07. The van der Waals surface area contributed by atoms with E-state index < -0.39 is 0 Å². The van der Waals surface area contributed by atoms with Crippen LogP contribution in [-0.4, -0.2) is 48.6 Å². The third-order valence-corrected chi connectivity index (χ3v) is 4.45. The molecule has 0 radical (unpaired) electrons. The predicted octanol–water partition coefficient (Wildman–Crippen LogP) is 1.67. The van der Waals surface area contributed by atoms with Gasteiger partial charge in [-0.25, -0.2) is 0 Å². The number of hydrogen-bond donors (Lipinski definition) is 1. The van der Waals surface area contributed by atoms with Crippen LogP contribution in [0.15, 0.2) is 0 Å². The molecule has 14 heavy (non-hydrogen) atoms. The van der Waals surface area contributed by atoms with E-state index in [1.165, 1.54) is 18.8 Å². The third-order valence-electron chi connectivity index (χ3n) is 3.11. The SMILES string of the molecule is CNCC(C)CN1CCSC(C)C1C. The van der Waals surface area contributed by atoms with Gasteiger partial charge in [0.05, 0.1) is 0 Å². The Kier molecular flexibility index (Phi) is 5.28. The molecule has 3 atom stereocenters. The first-order chi connectivity index (χ1) is 6.65. The van der Waals surface area contributed by atoms with Crippen LogP contribution in [0.1, 0.15) is 20.8 Å². The summed E-state index contributed by atoms with van der Waals surface area (Å²) in [7, 11) is 2.04. The van der Waals surface area contributed by atoms with Crippen molar-refractivity contribution >= 4 is 11.8 Å². The van der Waals surface area contributed by atoms with E-state index in [-0.39, 0.29) is 0 Å². The van der Waals surface area contributed by atoms with Crippen molar-refractivity contribution in [2.45, 2.75) is 32.1 Å². The van der Waals surface area contributed by atoms with E-state index in [1.807, 2.05) is 7.05 Å². The lowest BCUT2D eigenvalue weighted by molar-refractivity contribution is 0.184. The zero-order chi connectivity index (χ0) is 10.6. The van der Waals surface area contributed by atoms with Crippen LogP contribution in [0.25, 0.3) is 0 Å². The van der Waals surface area contributed by atoms with Gasteiger partial charge in [0.25, 0.3) is 0 Å². The Hall–Kier alpha value is 0.270. The van der Waals surface area contributed by atoms with Gasteiger partial charge in [-0.1, -0.05) is 13.8 Å². The minimum absolute atomic E-state index is 0.744. The van der Waals surface area contributed by atoms with Crippen LogP contribution >= 0.6 is 11.8 Å². The van der Waals surface area contributed by atoms with Crippen molar-refractivity contribution in [3.05, 3.63) is 0 Å². The highest BCUT2D eigenvalue weighted by molar-refractivity contribution is 8.00. The molecular formula is C11H24N2S. The summed E-state index contributed by atoms with van der Waals surface area (Å²) >= 11 is 2.11. The second-order valence-corrected chi connectivity index (χ2v) is 5.96. The summed E-state index contributed by atoms with van der Waals surface area (Å²) in [6, 6.07) is 0.744. The van der Waals surface area contributed by atoms with Crippen molar-refractivity contribution in [3.63, 3.8) is 0 Å². The highest BCUT2D eigenvalue weighted by Crippen LogP contribution is 2.24. The van der Waals surface area contributed by atoms with Crippen molar-refractivity contribution in [2.24, 2.45) is 5.92 Å². The zero-order valence-electron chi connectivity index (χ0n) is 9.92. The normalized spacial score (nSPS) is 31.7. The highest BCUT2D eigenvalue weighted by atomic mass is 32.2. The smallest absolute Gasteiger partial charge is 0.0184 e. The number of hydrogen-bond acceptors (Lipinski definition) is 3. The van der Waals surface area contributed by atoms with Crippen LogP contribution in [0.4, 0.5) is 0 Å². The first kappa shape index (κ1) is 12.3. The summed E-state index contributed by atoms with van der Waals surface area (Å²) in [4.78, 5) is 2.64. The Morgan fingerprint density at radius 1 is 1.50 bits per heavy atom. The minimum atomic E-state index is 0.744. The maximum Gasteiger partial charge on any atom is 0.0184 e. The molecule has 3 unspecified atom stereocenters. The molecule has 1 aliphatic heterocycles. The van der Waals surface area contributed by atoms with Gasteiger partial charge in [-0.05, 0) is 26.4 Å². The Morgan fingerprint density at radius 2 is 2.21 bits per heavy atom. The lowest BCUT2D eigenvalue weighted by Crippen LogP contribution is -2.47. The van der Waals surface area contributed by atoms with Crippen LogP contribution in [0, 0.1) is 5.92 Å². The van der Waals surface area contributed by atoms with Gasteiger partial charge in [-0.15, -0.1) is 0 Å². The largest absolute Gasteiger partial charge is 0.319 e. The molecule has 0 aliphatic carbocycles. The maximum atomic E-state index is 3.25. The fraction of sp³-hybridized carbons (Fsp3) is 1.00. The monoisotopic (exact) mass is 216 g/mol. The lowest BCUT2D eigenvalue weighted by Gasteiger charge is -2.38. The van der Waals surface area contributed by atoms with Gasteiger partial charge in [0.15, 0.2) is 0 Å². The van der Waals surface area contributed by atoms with Gasteiger partial charge < -0.3 is 5.32 Å². The Morgan fingerprint density at radius 3 is 2.86 bits per heavy atom. The van der Waals surface area contributed by atoms with Gasteiger partial charge >= 0.3 is 0 Å². The first-order valence-corrected chi connectivity index (χ1v) is 6.70. The van der Waals surface area contributed by atoms with Crippen LogP contribution in [0.3, 0.4) is 0 Å². The van der Waals surface area contributed by atoms with Crippen molar-refractivity contribution in [1.82, 2.24) is 10.2 Å². The molecule has 2 nitrogen and oxygen atoms in total. The molecule has 1 fully saturated rings. The molecule has 0 bridgehead atoms. The van der Waals surface area contributed by atoms with E-state index in [1.54, 1.807) is 0 Å². The zero-order valence-corrected chi connectivity index (χ0v) is 10.7. The fourth-order valence-electron chi connectivity index (χ4n) is 2.07. The molecule has 0 aromatic rings. The van der Waals surface area contributed by atoms with Gasteiger partial charge in [0.2, 0.25) is 0 Å². The average molecular weight is 216 g/mol. The fourth-order valence-corrected chi connectivity index (χ4v) is 3.23. The molecule has 3 heteroatoms. The van der Waals surface area contributed by atoms with Gasteiger partial charge in [-0.3, -0.25) is 4.90 Å². The van der Waals surface area contributed by atoms with Crippen molar-refractivity contribution in [2.75, 3.05) is 32.4 Å². The summed E-state index contributed by atoms with van der Waals surface area (Å²) in [5.41, 5.74) is 0. The summed E-state index contributed by atoms with van der Waals surface area (Å²) < 4.78 is 0. The topological polar surface area (TPSA) is 15.3 Å². The van der Waals surface area contributed by atoms with E-state index in [0.717, 1.165) is 23.8 Å². The van der Waals surface area contributed by atoms with E-state index in [0.29, 0.717) is 0 Å². The number of nitrogens with one attached hydrogen (secondary N) is 1. The van der Waals surface area contributed by atoms with Gasteiger partial charge in [-0.2, -0.15) is 11.8 Å². The second-order valence-electron chi connectivity index (χ2n) is 4.47.